The summed E-state index contributed by atoms with van der Waals surface area (Å²) < 4.78 is 1.00. The van der Waals surface area contributed by atoms with Crippen LogP contribution in [0.5, 0.6) is 0 Å². The summed E-state index contributed by atoms with van der Waals surface area (Å²) in [4.78, 5) is 80.5. The molecule has 4 amide bonds. The molecule has 2 aromatic rings. The molecule has 6 atom stereocenters. The molecule has 0 aliphatic carbocycles. The molecule has 292 valence electrons. The summed E-state index contributed by atoms with van der Waals surface area (Å²) in [5.41, 5.74) is 18.3. The van der Waals surface area contributed by atoms with Gasteiger partial charge < -0.3 is 43.6 Å². The zero-order valence-electron chi connectivity index (χ0n) is 30.8. The fraction of sp³-hybridized carbons (Fsp3) is 0.579. The van der Waals surface area contributed by atoms with E-state index in [1.54, 1.807) is 12.2 Å². The van der Waals surface area contributed by atoms with Gasteiger partial charge in [0.1, 0.15) is 18.1 Å². The highest BCUT2D eigenvalue weighted by molar-refractivity contribution is 7.17. The van der Waals surface area contributed by atoms with Crippen molar-refractivity contribution in [2.24, 2.45) is 29.0 Å². The van der Waals surface area contributed by atoms with Crippen molar-refractivity contribution in [1.82, 2.24) is 21.3 Å². The number of nitrogens with two attached hydrogens (primary N) is 3. The number of benzene rings is 1. The van der Waals surface area contributed by atoms with Gasteiger partial charge in [0.25, 0.3) is 0 Å². The number of carbonyl (C=O) groups excluding carboxylic acids is 5. The number of rotatable bonds is 18. The molecule has 53 heavy (non-hydrogen) atoms. The smallest absolute Gasteiger partial charge is 0.306 e. The molecule has 0 saturated heterocycles. The first-order chi connectivity index (χ1) is 25.3. The maximum Gasteiger partial charge on any atom is 0.306 e. The van der Waals surface area contributed by atoms with Crippen LogP contribution in [0.4, 0.5) is 0 Å². The Morgan fingerprint density at radius 1 is 0.887 bits per heavy atom. The molecule has 0 spiro atoms. The third-order valence-corrected chi connectivity index (χ3v) is 10.3. The second kappa shape index (κ2) is 22.1. The molecule has 0 unspecified atom stereocenters. The van der Waals surface area contributed by atoms with E-state index in [2.05, 4.69) is 21.3 Å². The van der Waals surface area contributed by atoms with Gasteiger partial charge in [-0.3, -0.25) is 28.8 Å². The van der Waals surface area contributed by atoms with Crippen molar-refractivity contribution in [3.05, 3.63) is 47.4 Å². The maximum absolute atomic E-state index is 14.1. The SMILES string of the molecule is CC(C)C[C@H](CC(=O)[C@H](Cc1csc2ccccc12)NC(=O)[C@@H]1CC=CC[C@H](N)C(=O)N[C@@H](CCCCN)C(=O)N[C@@H](CCCCN)C(=O)N1)C(=O)O. The van der Waals surface area contributed by atoms with Gasteiger partial charge in [0.2, 0.25) is 23.6 Å². The minimum Gasteiger partial charge on any atom is -0.481 e. The van der Waals surface area contributed by atoms with Crippen molar-refractivity contribution >= 4 is 56.8 Å². The lowest BCUT2D eigenvalue weighted by atomic mass is 9.89. The molecule has 1 aromatic heterocycles. The van der Waals surface area contributed by atoms with Crippen LogP contribution in [0.15, 0.2) is 41.8 Å². The van der Waals surface area contributed by atoms with Crippen LogP contribution in [0.2, 0.25) is 0 Å². The Hall–Kier alpha value is -4.18. The van der Waals surface area contributed by atoms with Gasteiger partial charge in [-0.25, -0.2) is 0 Å². The molecular weight excluding hydrogens is 699 g/mol. The summed E-state index contributed by atoms with van der Waals surface area (Å²) in [6.45, 7) is 4.55. The molecular formula is C38H57N7O7S. The molecule has 0 bridgehead atoms. The summed E-state index contributed by atoms with van der Waals surface area (Å²) >= 11 is 1.50. The topological polar surface area (TPSA) is 249 Å². The van der Waals surface area contributed by atoms with E-state index in [1.807, 2.05) is 43.5 Å². The minimum absolute atomic E-state index is 0.00944. The predicted molar refractivity (Wildman–Crippen MR) is 206 cm³/mol. The third-order valence-electron chi connectivity index (χ3n) is 9.30. The van der Waals surface area contributed by atoms with E-state index >= 15 is 0 Å². The fourth-order valence-electron chi connectivity index (χ4n) is 6.31. The van der Waals surface area contributed by atoms with E-state index in [4.69, 9.17) is 17.2 Å². The van der Waals surface area contributed by atoms with Crippen LogP contribution >= 0.6 is 11.3 Å². The molecule has 1 aromatic carbocycles. The summed E-state index contributed by atoms with van der Waals surface area (Å²) in [7, 11) is 0. The number of ketones is 1. The number of thiophene rings is 1. The van der Waals surface area contributed by atoms with Gasteiger partial charge in [-0.15, -0.1) is 11.3 Å². The monoisotopic (exact) mass is 755 g/mol. The summed E-state index contributed by atoms with van der Waals surface area (Å²) in [5.74, 6) is -4.78. The first-order valence-electron chi connectivity index (χ1n) is 18.6. The summed E-state index contributed by atoms with van der Waals surface area (Å²) in [6.07, 6.45) is 6.29. The second-order valence-electron chi connectivity index (χ2n) is 14.2. The number of carboxylic acids is 1. The van der Waals surface area contributed by atoms with Crippen LogP contribution in [-0.4, -0.2) is 83.8 Å². The number of aliphatic carboxylic acids is 1. The van der Waals surface area contributed by atoms with Gasteiger partial charge >= 0.3 is 5.97 Å². The number of hydrogen-bond acceptors (Lipinski definition) is 10. The van der Waals surface area contributed by atoms with E-state index in [1.165, 1.54) is 11.3 Å². The minimum atomic E-state index is -1.18. The van der Waals surface area contributed by atoms with Crippen molar-refractivity contribution in [3.63, 3.8) is 0 Å². The number of nitrogens with one attached hydrogen (secondary N) is 4. The average molecular weight is 756 g/mol. The molecule has 0 fully saturated rings. The molecule has 2 heterocycles. The molecule has 14 nitrogen and oxygen atoms in total. The van der Waals surface area contributed by atoms with E-state index in [9.17, 15) is 33.9 Å². The number of fused-ring (bicyclic) bond motifs is 1. The van der Waals surface area contributed by atoms with Gasteiger partial charge in [-0.05, 0) is 99.2 Å². The highest BCUT2D eigenvalue weighted by Crippen LogP contribution is 2.27. The lowest BCUT2D eigenvalue weighted by Crippen LogP contribution is -2.58. The normalized spacial score (nSPS) is 21.3. The molecule has 0 saturated carbocycles. The van der Waals surface area contributed by atoms with Crippen LogP contribution in [0.3, 0.4) is 0 Å². The Labute approximate surface area is 315 Å². The van der Waals surface area contributed by atoms with E-state index < -0.39 is 71.5 Å². The van der Waals surface area contributed by atoms with Crippen molar-refractivity contribution in [1.29, 1.82) is 0 Å². The van der Waals surface area contributed by atoms with Crippen LogP contribution in [0.25, 0.3) is 10.1 Å². The number of hydrogen-bond donors (Lipinski definition) is 8. The first-order valence-corrected chi connectivity index (χ1v) is 19.4. The second-order valence-corrected chi connectivity index (χ2v) is 15.1. The standard InChI is InChI=1S/C38H57N7O7S/c1-23(2)19-24(38(51)52)21-32(46)31(20-25-22-53-33-16-6-3-11-26(25)33)45-37(50)29-13-5-4-12-27(41)34(47)42-28(14-7-9-17-39)35(48)44-30(36(49)43-29)15-8-10-18-40/h3-6,11,16,22-24,27-31H,7-10,12-15,17-21,39-41H2,1-2H3,(H,42,47)(H,43,49)(H,44,48)(H,45,50)(H,51,52)/t24-,27+,28+,29+,30+,31+/m1/s1. The van der Waals surface area contributed by atoms with Crippen LogP contribution in [-0.2, 0) is 35.2 Å². The largest absolute Gasteiger partial charge is 0.481 e. The number of carboxylic acid groups (broad SMARTS) is 1. The van der Waals surface area contributed by atoms with Crippen molar-refractivity contribution in [2.75, 3.05) is 13.1 Å². The van der Waals surface area contributed by atoms with Gasteiger partial charge in [0, 0.05) is 17.5 Å². The lowest BCUT2D eigenvalue weighted by molar-refractivity contribution is -0.144. The summed E-state index contributed by atoms with van der Waals surface area (Å²) in [6, 6.07) is 2.43. The van der Waals surface area contributed by atoms with Crippen molar-refractivity contribution in [3.8, 4) is 0 Å². The predicted octanol–water partition coefficient (Wildman–Crippen LogP) is 2.02. The van der Waals surface area contributed by atoms with Crippen LogP contribution in [0, 0.1) is 11.8 Å². The Morgan fingerprint density at radius 3 is 2.11 bits per heavy atom. The highest BCUT2D eigenvalue weighted by Gasteiger charge is 2.33. The van der Waals surface area contributed by atoms with Gasteiger partial charge in [0.15, 0.2) is 5.78 Å². The molecule has 11 N–H and O–H groups in total. The fourth-order valence-corrected chi connectivity index (χ4v) is 7.29. The molecule has 15 heteroatoms. The number of Topliss-reactive ketones (excluding diaryl/α,β-unsaturated/α-hetero) is 1. The maximum atomic E-state index is 14.1. The number of amides is 4. The van der Waals surface area contributed by atoms with E-state index in [0.717, 1.165) is 15.6 Å². The van der Waals surface area contributed by atoms with Crippen LogP contribution in [0.1, 0.15) is 83.6 Å². The van der Waals surface area contributed by atoms with Crippen molar-refractivity contribution in [2.45, 2.75) is 115 Å². The Balaban J connectivity index is 1.94. The van der Waals surface area contributed by atoms with Crippen molar-refractivity contribution < 1.29 is 33.9 Å². The third kappa shape index (κ3) is 14.0. The molecule has 0 radical (unpaired) electrons. The average Bonchev–Trinajstić information content (AvgIpc) is 3.53. The molecule has 3 rings (SSSR count). The Bertz CT molecular complexity index is 1580. The van der Waals surface area contributed by atoms with Gasteiger partial charge in [-0.1, -0.05) is 44.2 Å². The first kappa shape index (κ1) is 43.2. The van der Waals surface area contributed by atoms with Gasteiger partial charge in [0.05, 0.1) is 18.0 Å². The Kier molecular flexibility index (Phi) is 18.1. The summed E-state index contributed by atoms with van der Waals surface area (Å²) in [5, 5.41) is 23.9. The zero-order valence-corrected chi connectivity index (χ0v) is 31.6. The Morgan fingerprint density at radius 2 is 1.49 bits per heavy atom. The van der Waals surface area contributed by atoms with E-state index in [0.29, 0.717) is 38.8 Å². The van der Waals surface area contributed by atoms with E-state index in [-0.39, 0.29) is 50.9 Å². The quantitative estimate of drug-likeness (QED) is 0.0812. The molecule has 1 aliphatic rings. The molecule has 1 aliphatic heterocycles. The lowest BCUT2D eigenvalue weighted by Gasteiger charge is -2.27. The van der Waals surface area contributed by atoms with Gasteiger partial charge in [-0.2, -0.15) is 0 Å². The number of unbranched alkanes of at least 4 members (excludes halogenated alkanes) is 2. The highest BCUT2D eigenvalue weighted by atomic mass is 32.1. The number of carbonyl (C=O) groups is 6. The zero-order chi connectivity index (χ0) is 38.9. The van der Waals surface area contributed by atoms with Crippen LogP contribution < -0.4 is 38.5 Å².